The second kappa shape index (κ2) is 6.86. The topological polar surface area (TPSA) is 35.5 Å². The molecule has 10 heavy (non-hydrogen) atoms. The van der Waals surface area contributed by atoms with Crippen LogP contribution < -0.4 is 0 Å². The molecule has 0 aliphatic carbocycles. The molecule has 0 radical (unpaired) electrons. The van der Waals surface area contributed by atoms with Crippen molar-refractivity contribution in [2.45, 2.75) is 12.8 Å². The van der Waals surface area contributed by atoms with E-state index in [1.807, 2.05) is 0 Å². The Morgan fingerprint density at radius 2 is 2.20 bits per heavy atom. The molecular formula is C6H11BrO3. The number of methoxy groups -OCH3 is 1. The van der Waals surface area contributed by atoms with Crippen LogP contribution in [0.15, 0.2) is 0 Å². The van der Waals surface area contributed by atoms with Crippen LogP contribution in [0.2, 0.25) is 0 Å². The zero-order valence-electron chi connectivity index (χ0n) is 5.93. The zero-order chi connectivity index (χ0) is 7.82. The van der Waals surface area contributed by atoms with Crippen molar-refractivity contribution in [2.24, 2.45) is 0 Å². The first-order valence-corrected chi connectivity index (χ1v) is 4.20. The van der Waals surface area contributed by atoms with E-state index >= 15 is 0 Å². The van der Waals surface area contributed by atoms with Crippen molar-refractivity contribution < 1.29 is 14.3 Å². The molecule has 0 aromatic heterocycles. The number of rotatable bonds is 4. The normalized spacial score (nSPS) is 9.00. The van der Waals surface area contributed by atoms with Gasteiger partial charge in [-0.3, -0.25) is 0 Å². The Bertz CT molecular complexity index is 95.0. The van der Waals surface area contributed by atoms with Crippen LogP contribution in [0, 0.1) is 0 Å². The van der Waals surface area contributed by atoms with E-state index in [4.69, 9.17) is 0 Å². The summed E-state index contributed by atoms with van der Waals surface area (Å²) in [4.78, 5) is 10.3. The van der Waals surface area contributed by atoms with Gasteiger partial charge in [-0.1, -0.05) is 15.9 Å². The molecule has 0 saturated heterocycles. The van der Waals surface area contributed by atoms with E-state index in [-0.39, 0.29) is 0 Å². The van der Waals surface area contributed by atoms with Gasteiger partial charge in [0.15, 0.2) is 0 Å². The minimum absolute atomic E-state index is 0.443. The molecule has 0 atom stereocenters. The first kappa shape index (κ1) is 9.75. The third kappa shape index (κ3) is 5.88. The molecule has 0 heterocycles. The average molecular weight is 211 g/mol. The van der Waals surface area contributed by atoms with Gasteiger partial charge < -0.3 is 9.47 Å². The molecule has 0 N–H and O–H groups in total. The molecule has 0 aliphatic heterocycles. The molecule has 0 aliphatic rings. The minimum Gasteiger partial charge on any atom is -0.438 e. The van der Waals surface area contributed by atoms with Gasteiger partial charge in [0.25, 0.3) is 0 Å². The van der Waals surface area contributed by atoms with Crippen molar-refractivity contribution in [2.75, 3.05) is 19.0 Å². The van der Waals surface area contributed by atoms with Crippen LogP contribution in [0.1, 0.15) is 12.8 Å². The fourth-order valence-corrected chi connectivity index (χ4v) is 0.807. The van der Waals surface area contributed by atoms with Crippen LogP contribution in [-0.2, 0) is 9.47 Å². The number of carbonyl (C=O) groups is 1. The average Bonchev–Trinajstić information content (AvgIpc) is 1.98. The lowest BCUT2D eigenvalue weighted by Crippen LogP contribution is -2.05. The molecular weight excluding hydrogens is 200 g/mol. The van der Waals surface area contributed by atoms with Crippen molar-refractivity contribution in [3.63, 3.8) is 0 Å². The molecule has 0 saturated carbocycles. The van der Waals surface area contributed by atoms with E-state index in [2.05, 4.69) is 25.4 Å². The molecule has 0 unspecified atom stereocenters. The third-order valence-corrected chi connectivity index (χ3v) is 1.48. The quantitative estimate of drug-likeness (QED) is 0.405. The highest BCUT2D eigenvalue weighted by Crippen LogP contribution is 1.94. The number of alkyl halides is 1. The maximum atomic E-state index is 10.3. The molecule has 0 spiro atoms. The Morgan fingerprint density at radius 3 is 2.70 bits per heavy atom. The summed E-state index contributed by atoms with van der Waals surface area (Å²) in [7, 11) is 1.30. The number of hydrogen-bond acceptors (Lipinski definition) is 3. The zero-order valence-corrected chi connectivity index (χ0v) is 7.52. The lowest BCUT2D eigenvalue weighted by atomic mass is 10.4. The standard InChI is InChI=1S/C6H11BrO3/c1-9-6(8)10-5-3-2-4-7/h2-5H2,1H3. The number of halogens is 1. The molecule has 60 valence electrons. The van der Waals surface area contributed by atoms with Crippen LogP contribution in [-0.4, -0.2) is 25.2 Å². The number of ether oxygens (including phenoxy) is 2. The Labute approximate surface area is 68.8 Å². The van der Waals surface area contributed by atoms with E-state index in [0.717, 1.165) is 18.2 Å². The van der Waals surface area contributed by atoms with Crippen LogP contribution in [0.4, 0.5) is 4.79 Å². The summed E-state index contributed by atoms with van der Waals surface area (Å²) in [5.74, 6) is 0. The van der Waals surface area contributed by atoms with Gasteiger partial charge in [0.05, 0.1) is 13.7 Å². The molecule has 0 aromatic carbocycles. The minimum atomic E-state index is -0.602. The summed E-state index contributed by atoms with van der Waals surface area (Å²) in [5, 5.41) is 0.942. The Balaban J connectivity index is 2.96. The van der Waals surface area contributed by atoms with E-state index in [0.29, 0.717) is 6.61 Å². The van der Waals surface area contributed by atoms with Crippen molar-refractivity contribution in [1.82, 2.24) is 0 Å². The van der Waals surface area contributed by atoms with Gasteiger partial charge in [-0.05, 0) is 12.8 Å². The lowest BCUT2D eigenvalue weighted by Gasteiger charge is -2.00. The van der Waals surface area contributed by atoms with Crippen LogP contribution in [0.5, 0.6) is 0 Å². The van der Waals surface area contributed by atoms with Crippen LogP contribution in [0.3, 0.4) is 0 Å². The molecule has 4 heteroatoms. The second-order valence-corrected chi connectivity index (χ2v) is 2.49. The molecule has 0 fully saturated rings. The monoisotopic (exact) mass is 210 g/mol. The SMILES string of the molecule is COC(=O)OCCCCBr. The predicted octanol–water partition coefficient (Wildman–Crippen LogP) is 1.94. The van der Waals surface area contributed by atoms with Crippen molar-refractivity contribution in [3.8, 4) is 0 Å². The molecule has 0 aromatic rings. The summed E-state index contributed by atoms with van der Waals surface area (Å²) in [5.41, 5.74) is 0. The van der Waals surface area contributed by atoms with E-state index in [1.54, 1.807) is 0 Å². The number of unbranched alkanes of at least 4 members (excludes halogenated alkanes) is 1. The van der Waals surface area contributed by atoms with Gasteiger partial charge in [-0.15, -0.1) is 0 Å². The Kier molecular flexibility index (Phi) is 6.69. The maximum Gasteiger partial charge on any atom is 0.507 e. The largest absolute Gasteiger partial charge is 0.507 e. The van der Waals surface area contributed by atoms with Crippen molar-refractivity contribution in [1.29, 1.82) is 0 Å². The highest BCUT2D eigenvalue weighted by molar-refractivity contribution is 9.09. The fourth-order valence-electron chi connectivity index (χ4n) is 0.411. The summed E-state index contributed by atoms with van der Waals surface area (Å²) in [6, 6.07) is 0. The number of hydrogen-bond donors (Lipinski definition) is 0. The van der Waals surface area contributed by atoms with Gasteiger partial charge in [-0.25, -0.2) is 4.79 Å². The van der Waals surface area contributed by atoms with Gasteiger partial charge in [0.1, 0.15) is 0 Å². The molecule has 0 amide bonds. The second-order valence-electron chi connectivity index (χ2n) is 1.70. The molecule has 0 rings (SSSR count). The molecule has 0 bridgehead atoms. The third-order valence-electron chi connectivity index (χ3n) is 0.915. The Morgan fingerprint density at radius 1 is 1.50 bits per heavy atom. The van der Waals surface area contributed by atoms with E-state index in [1.165, 1.54) is 7.11 Å². The summed E-state index contributed by atoms with van der Waals surface area (Å²) >= 11 is 3.26. The fraction of sp³-hybridized carbons (Fsp3) is 0.833. The lowest BCUT2D eigenvalue weighted by molar-refractivity contribution is 0.0718. The summed E-state index contributed by atoms with van der Waals surface area (Å²) in [6.45, 7) is 0.443. The highest BCUT2D eigenvalue weighted by atomic mass is 79.9. The van der Waals surface area contributed by atoms with E-state index in [9.17, 15) is 4.79 Å². The maximum absolute atomic E-state index is 10.3. The van der Waals surface area contributed by atoms with Crippen molar-refractivity contribution in [3.05, 3.63) is 0 Å². The van der Waals surface area contributed by atoms with E-state index < -0.39 is 6.16 Å². The Hall–Kier alpha value is -0.250. The van der Waals surface area contributed by atoms with Crippen LogP contribution in [0.25, 0.3) is 0 Å². The summed E-state index contributed by atoms with van der Waals surface area (Å²) < 4.78 is 8.87. The van der Waals surface area contributed by atoms with Gasteiger partial charge in [0, 0.05) is 5.33 Å². The number of carbonyl (C=O) groups excluding carboxylic acids is 1. The van der Waals surface area contributed by atoms with Gasteiger partial charge >= 0.3 is 6.16 Å². The summed E-state index contributed by atoms with van der Waals surface area (Å²) in [6.07, 6.45) is 1.28. The van der Waals surface area contributed by atoms with Crippen LogP contribution >= 0.6 is 15.9 Å². The van der Waals surface area contributed by atoms with Gasteiger partial charge in [-0.2, -0.15) is 0 Å². The first-order valence-electron chi connectivity index (χ1n) is 3.08. The van der Waals surface area contributed by atoms with Crippen molar-refractivity contribution >= 4 is 22.1 Å². The predicted molar refractivity (Wildman–Crippen MR) is 41.4 cm³/mol. The first-order chi connectivity index (χ1) is 4.81. The molecule has 3 nitrogen and oxygen atoms in total. The smallest absolute Gasteiger partial charge is 0.438 e. The highest BCUT2D eigenvalue weighted by Gasteiger charge is 1.97. The van der Waals surface area contributed by atoms with Gasteiger partial charge in [0.2, 0.25) is 0 Å².